The summed E-state index contributed by atoms with van der Waals surface area (Å²) in [4.78, 5) is 16.8. The molecule has 8 nitrogen and oxygen atoms in total. The molecule has 1 aliphatic heterocycles. The number of nitrogens with zero attached hydrogens (tertiary/aromatic N) is 3. The van der Waals surface area contributed by atoms with Crippen molar-refractivity contribution in [3.8, 4) is 22.6 Å². The van der Waals surface area contributed by atoms with E-state index >= 15 is 0 Å². The summed E-state index contributed by atoms with van der Waals surface area (Å²) in [5.74, 6) is 0.633. The zero-order chi connectivity index (χ0) is 20.9. The minimum atomic E-state index is -0.680. The molecule has 0 spiro atoms. The summed E-state index contributed by atoms with van der Waals surface area (Å²) in [6.45, 7) is 3.59. The van der Waals surface area contributed by atoms with Crippen molar-refractivity contribution in [3.63, 3.8) is 0 Å². The van der Waals surface area contributed by atoms with Crippen LogP contribution in [0, 0.1) is 11.7 Å². The molecule has 0 saturated carbocycles. The van der Waals surface area contributed by atoms with Gasteiger partial charge in [0.2, 0.25) is 12.2 Å². The molecule has 0 radical (unpaired) electrons. The summed E-state index contributed by atoms with van der Waals surface area (Å²) in [5, 5.41) is 12.4. The van der Waals surface area contributed by atoms with Crippen LogP contribution in [0.5, 0.6) is 0 Å². The molecule has 3 heterocycles. The molecular weight excluding hydrogens is 389 g/mol. The van der Waals surface area contributed by atoms with Crippen molar-refractivity contribution in [2.45, 2.75) is 19.6 Å². The van der Waals surface area contributed by atoms with Gasteiger partial charge in [-0.1, -0.05) is 6.92 Å². The number of benzene rings is 1. The summed E-state index contributed by atoms with van der Waals surface area (Å²) < 4.78 is 24.9. The van der Waals surface area contributed by atoms with Gasteiger partial charge < -0.3 is 24.9 Å². The van der Waals surface area contributed by atoms with Gasteiger partial charge in [-0.15, -0.1) is 0 Å². The Kier molecular flexibility index (Phi) is 6.32. The van der Waals surface area contributed by atoms with E-state index < -0.39 is 6.29 Å². The van der Waals surface area contributed by atoms with Crippen LogP contribution < -0.4 is 5.32 Å². The van der Waals surface area contributed by atoms with E-state index in [1.54, 1.807) is 24.4 Å². The molecule has 30 heavy (non-hydrogen) atoms. The first-order valence-corrected chi connectivity index (χ1v) is 9.95. The van der Waals surface area contributed by atoms with E-state index in [-0.39, 0.29) is 18.3 Å². The topological polar surface area (TPSA) is 105 Å². The van der Waals surface area contributed by atoms with Gasteiger partial charge in [-0.05, 0) is 36.8 Å². The maximum atomic E-state index is 13.4. The van der Waals surface area contributed by atoms with Gasteiger partial charge in [0.25, 0.3) is 0 Å². The first kappa shape index (κ1) is 20.4. The Bertz CT molecular complexity index is 971. The molecule has 0 aliphatic carbocycles. The third-order valence-corrected chi connectivity index (χ3v) is 4.73. The monoisotopic (exact) mass is 413 g/mol. The highest BCUT2D eigenvalue weighted by molar-refractivity contribution is 5.77. The molecular formula is C21H24FN5O3. The third-order valence-electron chi connectivity index (χ3n) is 4.73. The fraction of sp³-hybridized carbons (Fsp3) is 0.381. The highest BCUT2D eigenvalue weighted by atomic mass is 19.1. The van der Waals surface area contributed by atoms with E-state index in [0.29, 0.717) is 42.1 Å². The summed E-state index contributed by atoms with van der Waals surface area (Å²) in [6, 6.07) is 7.90. The molecule has 1 fully saturated rings. The van der Waals surface area contributed by atoms with Crippen molar-refractivity contribution in [1.82, 2.24) is 19.9 Å². The fourth-order valence-electron chi connectivity index (χ4n) is 3.13. The number of hydrogen-bond acceptors (Lipinski definition) is 7. The van der Waals surface area contributed by atoms with Gasteiger partial charge in [0, 0.05) is 24.2 Å². The summed E-state index contributed by atoms with van der Waals surface area (Å²) >= 11 is 0. The maximum absolute atomic E-state index is 13.4. The van der Waals surface area contributed by atoms with E-state index in [2.05, 4.69) is 32.2 Å². The highest BCUT2D eigenvalue weighted by Gasteiger charge is 2.27. The summed E-state index contributed by atoms with van der Waals surface area (Å²) in [5.41, 5.74) is 2.65. The van der Waals surface area contributed by atoms with Crippen LogP contribution in [0.1, 0.15) is 25.5 Å². The molecule has 0 atom stereocenters. The van der Waals surface area contributed by atoms with Crippen molar-refractivity contribution in [2.24, 2.45) is 5.92 Å². The lowest BCUT2D eigenvalue weighted by molar-refractivity contribution is -0.213. The molecule has 2 aromatic heterocycles. The standard InChI is InChI=1S/C21H24FN5O3/c1-2-8-23-21-24-9-7-16(25-21)18-17(14-3-5-15(22)6-4-14)26-19(27-18)20-29-11-13(10-28)12-30-20/h3-7,9,13,20,28H,2,8,10-12H2,1H3,(H,26,27)(H,23,24,25). The molecule has 9 heteroatoms. The number of rotatable bonds is 7. The van der Waals surface area contributed by atoms with Crippen LogP contribution in [0.2, 0.25) is 0 Å². The first-order valence-electron chi connectivity index (χ1n) is 9.95. The lowest BCUT2D eigenvalue weighted by Crippen LogP contribution is -2.29. The fourth-order valence-corrected chi connectivity index (χ4v) is 3.13. The van der Waals surface area contributed by atoms with Crippen molar-refractivity contribution < 1.29 is 19.0 Å². The quantitative estimate of drug-likeness (QED) is 0.546. The van der Waals surface area contributed by atoms with Crippen LogP contribution in [-0.4, -0.2) is 51.4 Å². The Balaban J connectivity index is 1.71. The van der Waals surface area contributed by atoms with Gasteiger partial charge in [-0.3, -0.25) is 0 Å². The molecule has 0 bridgehead atoms. The SMILES string of the molecule is CCCNc1nccc(-c2[nH]c(C3OCC(CO)CO3)nc2-c2ccc(F)cc2)n1. The van der Waals surface area contributed by atoms with E-state index in [9.17, 15) is 9.50 Å². The number of nitrogens with one attached hydrogen (secondary N) is 2. The lowest BCUT2D eigenvalue weighted by atomic mass is 10.1. The second kappa shape index (κ2) is 9.29. The molecule has 0 unspecified atom stereocenters. The smallest absolute Gasteiger partial charge is 0.223 e. The molecule has 158 valence electrons. The Morgan fingerprint density at radius 2 is 1.93 bits per heavy atom. The number of aromatic nitrogens is 4. The predicted molar refractivity (Wildman–Crippen MR) is 109 cm³/mol. The molecule has 3 N–H and O–H groups in total. The van der Waals surface area contributed by atoms with Crippen LogP contribution in [-0.2, 0) is 9.47 Å². The lowest BCUT2D eigenvalue weighted by Gasteiger charge is -2.26. The Hall–Kier alpha value is -2.88. The number of ether oxygens (including phenoxy) is 2. The predicted octanol–water partition coefficient (Wildman–Crippen LogP) is 3.15. The van der Waals surface area contributed by atoms with Gasteiger partial charge in [-0.2, -0.15) is 0 Å². The van der Waals surface area contributed by atoms with Gasteiger partial charge in [0.05, 0.1) is 36.9 Å². The molecule has 4 rings (SSSR count). The Morgan fingerprint density at radius 1 is 1.17 bits per heavy atom. The number of anilines is 1. The second-order valence-corrected chi connectivity index (χ2v) is 7.09. The molecule has 1 aliphatic rings. The number of aliphatic hydroxyl groups excluding tert-OH is 1. The van der Waals surface area contributed by atoms with Crippen LogP contribution >= 0.6 is 0 Å². The van der Waals surface area contributed by atoms with E-state index in [1.807, 2.05) is 0 Å². The van der Waals surface area contributed by atoms with Crippen LogP contribution in [0.4, 0.5) is 10.3 Å². The number of hydrogen-bond donors (Lipinski definition) is 3. The number of aliphatic hydroxyl groups is 1. The Labute approximate surface area is 173 Å². The van der Waals surface area contributed by atoms with Gasteiger partial charge >= 0.3 is 0 Å². The average Bonchev–Trinajstić information content (AvgIpc) is 3.24. The van der Waals surface area contributed by atoms with Crippen LogP contribution in [0.15, 0.2) is 36.5 Å². The average molecular weight is 413 g/mol. The highest BCUT2D eigenvalue weighted by Crippen LogP contribution is 2.33. The van der Waals surface area contributed by atoms with Crippen molar-refractivity contribution in [2.75, 3.05) is 31.7 Å². The normalized spacial score (nSPS) is 19.0. The van der Waals surface area contributed by atoms with Gasteiger partial charge in [-0.25, -0.2) is 19.3 Å². The van der Waals surface area contributed by atoms with Crippen molar-refractivity contribution >= 4 is 5.95 Å². The third kappa shape index (κ3) is 4.48. The maximum Gasteiger partial charge on any atom is 0.223 e. The summed E-state index contributed by atoms with van der Waals surface area (Å²) in [7, 11) is 0. The van der Waals surface area contributed by atoms with Gasteiger partial charge in [0.1, 0.15) is 5.82 Å². The zero-order valence-corrected chi connectivity index (χ0v) is 16.6. The number of imidazole rings is 1. The molecule has 3 aromatic rings. The van der Waals surface area contributed by atoms with E-state index in [0.717, 1.165) is 18.5 Å². The van der Waals surface area contributed by atoms with Crippen LogP contribution in [0.25, 0.3) is 22.6 Å². The first-order chi connectivity index (χ1) is 14.7. The minimum Gasteiger partial charge on any atom is -0.396 e. The number of aromatic amines is 1. The second-order valence-electron chi connectivity index (χ2n) is 7.09. The largest absolute Gasteiger partial charge is 0.396 e. The number of H-pyrrole nitrogens is 1. The zero-order valence-electron chi connectivity index (χ0n) is 16.6. The Morgan fingerprint density at radius 3 is 2.63 bits per heavy atom. The van der Waals surface area contributed by atoms with Gasteiger partial charge in [0.15, 0.2) is 5.82 Å². The summed E-state index contributed by atoms with van der Waals surface area (Å²) in [6.07, 6.45) is 1.95. The minimum absolute atomic E-state index is 0.00538. The molecule has 1 saturated heterocycles. The number of halogens is 1. The molecule has 1 aromatic carbocycles. The van der Waals surface area contributed by atoms with Crippen molar-refractivity contribution in [3.05, 3.63) is 48.2 Å². The van der Waals surface area contributed by atoms with E-state index in [1.165, 1.54) is 12.1 Å². The van der Waals surface area contributed by atoms with Crippen LogP contribution in [0.3, 0.4) is 0 Å². The van der Waals surface area contributed by atoms with E-state index in [4.69, 9.17) is 9.47 Å². The molecule has 0 amide bonds. The van der Waals surface area contributed by atoms with Crippen molar-refractivity contribution in [1.29, 1.82) is 0 Å².